The van der Waals surface area contributed by atoms with E-state index in [-0.39, 0.29) is 34.5 Å². The minimum absolute atomic E-state index is 0.0460. The minimum Gasteiger partial charge on any atom is -0.478 e. The molecule has 1 saturated carbocycles. The lowest BCUT2D eigenvalue weighted by molar-refractivity contribution is -0.153. The summed E-state index contributed by atoms with van der Waals surface area (Å²) in [5.41, 5.74) is 4.09. The minimum atomic E-state index is -4.97. The Hall–Kier alpha value is -3.72. The molecule has 0 spiro atoms. The zero-order valence-corrected chi connectivity index (χ0v) is 22.1. The Labute approximate surface area is 225 Å². The summed E-state index contributed by atoms with van der Waals surface area (Å²) in [6.45, 7) is 1.48. The van der Waals surface area contributed by atoms with E-state index < -0.39 is 51.5 Å². The molecule has 1 aliphatic heterocycles. The van der Waals surface area contributed by atoms with Crippen LogP contribution in [0.3, 0.4) is 0 Å². The number of aliphatic carboxylic acids is 1. The van der Waals surface area contributed by atoms with Gasteiger partial charge in [-0.05, 0) is 7.05 Å². The molecule has 4 rings (SSSR count). The van der Waals surface area contributed by atoms with E-state index in [4.69, 9.17) is 10.6 Å². The number of nitrogens with zero attached hydrogens (tertiary/aromatic N) is 6. The summed E-state index contributed by atoms with van der Waals surface area (Å²) in [7, 11) is -3.16. The van der Waals surface area contributed by atoms with E-state index in [0.29, 0.717) is 18.8 Å². The van der Waals surface area contributed by atoms with Crippen LogP contribution in [0.15, 0.2) is 16.7 Å². The summed E-state index contributed by atoms with van der Waals surface area (Å²) < 4.78 is 33.5. The van der Waals surface area contributed by atoms with Crippen molar-refractivity contribution in [2.75, 3.05) is 25.9 Å². The van der Waals surface area contributed by atoms with Gasteiger partial charge in [0.25, 0.3) is 11.8 Å². The lowest BCUT2D eigenvalue weighted by atomic mass is 9.98. The first kappa shape index (κ1) is 28.3. The SMILES string of the molecule is CNCCNCc1cnn(C[C@@H]2[C@H](NC(=O)/C(=N\OC3(C(=O)O)CC3)c3csc(N)n3)C(=O)N2S(=O)(=O)O)n1. The molecule has 0 unspecified atom stereocenters. The molecule has 18 nitrogen and oxygen atoms in total. The number of hydrogen-bond acceptors (Lipinski definition) is 14. The monoisotopic (exact) mass is 586 g/mol. The lowest BCUT2D eigenvalue weighted by Crippen LogP contribution is -2.73. The largest absolute Gasteiger partial charge is 0.478 e. The molecule has 1 aliphatic carbocycles. The number of hydrogen-bond donors (Lipinski definition) is 6. The van der Waals surface area contributed by atoms with Crippen molar-refractivity contribution in [3.63, 3.8) is 0 Å². The first-order valence-corrected chi connectivity index (χ1v) is 13.8. The molecule has 0 aromatic carbocycles. The molecule has 1 saturated heterocycles. The summed E-state index contributed by atoms with van der Waals surface area (Å²) >= 11 is 0.979. The molecule has 2 aromatic rings. The van der Waals surface area contributed by atoms with Gasteiger partial charge in [-0.15, -0.1) is 11.3 Å². The molecule has 212 valence electrons. The van der Waals surface area contributed by atoms with Crippen LogP contribution in [-0.4, -0.2) is 104 Å². The predicted octanol–water partition coefficient (Wildman–Crippen LogP) is -2.84. The highest BCUT2D eigenvalue weighted by Crippen LogP contribution is 2.40. The maximum atomic E-state index is 13.2. The topological polar surface area (TPSA) is 256 Å². The average Bonchev–Trinajstić information content (AvgIpc) is 3.33. The van der Waals surface area contributed by atoms with Crippen molar-refractivity contribution in [2.24, 2.45) is 5.16 Å². The van der Waals surface area contributed by atoms with Crippen molar-refractivity contribution in [1.29, 1.82) is 0 Å². The van der Waals surface area contributed by atoms with Gasteiger partial charge in [-0.3, -0.25) is 14.1 Å². The van der Waals surface area contributed by atoms with Gasteiger partial charge in [0.05, 0.1) is 18.4 Å². The number of nitrogen functional groups attached to an aromatic ring is 1. The van der Waals surface area contributed by atoms with Gasteiger partial charge in [0.2, 0.25) is 5.60 Å². The summed E-state index contributed by atoms with van der Waals surface area (Å²) in [5.74, 6) is -3.38. The first-order chi connectivity index (χ1) is 18.4. The number of aromatic nitrogens is 4. The fraction of sp³-hybridized carbons (Fsp3) is 0.526. The maximum absolute atomic E-state index is 13.2. The molecule has 0 radical (unpaired) electrons. The third kappa shape index (κ3) is 6.30. The van der Waals surface area contributed by atoms with Gasteiger partial charge >= 0.3 is 16.3 Å². The molecule has 2 aromatic heterocycles. The summed E-state index contributed by atoms with van der Waals surface area (Å²) in [5, 5.41) is 31.2. The van der Waals surface area contributed by atoms with E-state index >= 15 is 0 Å². The maximum Gasteiger partial charge on any atom is 0.362 e. The van der Waals surface area contributed by atoms with Crippen LogP contribution in [0, 0.1) is 0 Å². The van der Waals surface area contributed by atoms with E-state index in [1.165, 1.54) is 11.6 Å². The normalized spacial score (nSPS) is 20.4. The highest BCUT2D eigenvalue weighted by molar-refractivity contribution is 7.84. The smallest absolute Gasteiger partial charge is 0.362 e. The molecule has 2 atom stereocenters. The van der Waals surface area contributed by atoms with E-state index in [9.17, 15) is 32.5 Å². The molecule has 0 bridgehead atoms. The van der Waals surface area contributed by atoms with Crippen LogP contribution in [0.1, 0.15) is 24.2 Å². The first-order valence-electron chi connectivity index (χ1n) is 11.5. The summed E-state index contributed by atoms with van der Waals surface area (Å²) in [4.78, 5) is 47.5. The number of nitrogens with one attached hydrogen (secondary N) is 3. The Kier molecular flexibility index (Phi) is 8.11. The van der Waals surface area contributed by atoms with Crippen LogP contribution in [0.25, 0.3) is 0 Å². The fourth-order valence-electron chi connectivity index (χ4n) is 3.64. The molecule has 7 N–H and O–H groups in total. The van der Waals surface area contributed by atoms with Crippen LogP contribution in [0.4, 0.5) is 5.13 Å². The van der Waals surface area contributed by atoms with E-state index in [0.717, 1.165) is 22.7 Å². The van der Waals surface area contributed by atoms with Crippen LogP contribution >= 0.6 is 11.3 Å². The van der Waals surface area contributed by atoms with Crippen molar-refractivity contribution in [3.8, 4) is 0 Å². The van der Waals surface area contributed by atoms with Gasteiger partial charge in [-0.1, -0.05) is 5.16 Å². The van der Waals surface area contributed by atoms with Gasteiger partial charge < -0.3 is 31.6 Å². The Balaban J connectivity index is 1.51. The number of rotatable bonds is 14. The van der Waals surface area contributed by atoms with Crippen LogP contribution in [0.2, 0.25) is 0 Å². The second-order valence-electron chi connectivity index (χ2n) is 8.70. The molecular formula is C19H26N10O8S2. The standard InChI is InChI=1S/C19H26N10O8S2/c1-21-4-5-22-6-10-7-23-28(26-10)8-12-14(16(31)29(12)39(34,35)36)25-15(30)13(11-9-38-18(20)24-11)27-37-19(2-3-19)17(32)33/h7,9,12,14,21-22H,2-6,8H2,1H3,(H2,20,24)(H,25,30)(H,32,33)(H,34,35,36)/b27-13-/t12-,14+/m1/s1. The van der Waals surface area contributed by atoms with Crippen LogP contribution < -0.4 is 21.7 Å². The highest BCUT2D eigenvalue weighted by atomic mass is 32.2. The molecule has 2 fully saturated rings. The summed E-state index contributed by atoms with van der Waals surface area (Å²) in [6, 6.07) is -2.72. The van der Waals surface area contributed by atoms with Crippen LogP contribution in [-0.2, 0) is 42.6 Å². The number of nitrogens with two attached hydrogens (primary N) is 1. The highest BCUT2D eigenvalue weighted by Gasteiger charge is 2.56. The number of carbonyl (C=O) groups excluding carboxylic acids is 2. The van der Waals surface area contributed by atoms with Gasteiger partial charge in [-0.2, -0.15) is 23.4 Å². The van der Waals surface area contributed by atoms with Crippen LogP contribution in [0.5, 0.6) is 0 Å². The van der Waals surface area contributed by atoms with Crippen molar-refractivity contribution in [1.82, 2.24) is 40.2 Å². The molecular weight excluding hydrogens is 560 g/mol. The quantitative estimate of drug-likeness (QED) is 0.0429. The van der Waals surface area contributed by atoms with Gasteiger partial charge in [-0.25, -0.2) is 14.1 Å². The predicted molar refractivity (Wildman–Crippen MR) is 134 cm³/mol. The van der Waals surface area contributed by atoms with E-state index in [2.05, 4.69) is 36.3 Å². The zero-order valence-electron chi connectivity index (χ0n) is 20.5. The average molecular weight is 587 g/mol. The molecule has 39 heavy (non-hydrogen) atoms. The summed E-state index contributed by atoms with van der Waals surface area (Å²) in [6.07, 6.45) is 1.80. The third-order valence-electron chi connectivity index (χ3n) is 5.88. The number of carboxylic acid groups (broad SMARTS) is 1. The number of amides is 2. The van der Waals surface area contributed by atoms with Gasteiger partial charge in [0.1, 0.15) is 17.8 Å². The third-order valence-corrected chi connectivity index (χ3v) is 7.50. The number of anilines is 1. The second-order valence-corrected chi connectivity index (χ2v) is 10.9. The van der Waals surface area contributed by atoms with Crippen molar-refractivity contribution in [2.45, 2.75) is 43.6 Å². The van der Waals surface area contributed by atoms with E-state index in [1.807, 2.05) is 7.05 Å². The van der Waals surface area contributed by atoms with Gasteiger partial charge in [0.15, 0.2) is 10.8 Å². The Bertz CT molecular complexity index is 1390. The molecule has 20 heteroatoms. The van der Waals surface area contributed by atoms with Crippen molar-refractivity contribution < 1.29 is 37.3 Å². The van der Waals surface area contributed by atoms with Crippen molar-refractivity contribution >= 4 is 50.3 Å². The molecule has 2 aliphatic rings. The Morgan fingerprint density at radius 3 is 2.69 bits per heavy atom. The number of carboxylic acids is 1. The lowest BCUT2D eigenvalue weighted by Gasteiger charge is -2.43. The van der Waals surface area contributed by atoms with Gasteiger partial charge in [0, 0.05) is 37.9 Å². The van der Waals surface area contributed by atoms with Crippen molar-refractivity contribution in [3.05, 3.63) is 23.0 Å². The molecule has 2 amide bonds. The number of β-lactam (4-membered cyclic amide) rings is 1. The molecule has 3 heterocycles. The number of likely N-dealkylation sites (N-methyl/N-ethyl adjacent to an activating group) is 1. The van der Waals surface area contributed by atoms with E-state index in [1.54, 1.807) is 0 Å². The number of oxime groups is 1. The fourth-order valence-corrected chi connectivity index (χ4v) is 5.06. The second kappa shape index (κ2) is 11.2. The Morgan fingerprint density at radius 1 is 1.36 bits per heavy atom. The number of thiazole rings is 1. The Morgan fingerprint density at radius 2 is 2.10 bits per heavy atom. The number of carbonyl (C=O) groups is 3. The zero-order chi connectivity index (χ0) is 28.4.